The minimum absolute atomic E-state index is 0.0296. The molecule has 0 aromatic heterocycles. The van der Waals surface area contributed by atoms with E-state index in [2.05, 4.69) is 33.8 Å². The Kier molecular flexibility index (Phi) is 3.95. The lowest BCUT2D eigenvalue weighted by atomic mass is 9.45. The van der Waals surface area contributed by atoms with Crippen LogP contribution in [-0.2, 0) is 9.53 Å². The van der Waals surface area contributed by atoms with Crippen LogP contribution < -0.4 is 0 Å². The summed E-state index contributed by atoms with van der Waals surface area (Å²) in [5.74, 6) is 1.02. The van der Waals surface area contributed by atoms with Gasteiger partial charge in [-0.3, -0.25) is 4.79 Å². The number of aliphatic hydroxyl groups is 1. The third kappa shape index (κ3) is 2.38. The maximum absolute atomic E-state index is 12.2. The van der Waals surface area contributed by atoms with E-state index in [-0.39, 0.29) is 28.3 Å². The maximum Gasteiger partial charge on any atom is 0.311 e. The predicted octanol–water partition coefficient (Wildman–Crippen LogP) is 4.10. The van der Waals surface area contributed by atoms with Gasteiger partial charge in [0, 0.05) is 0 Å². The van der Waals surface area contributed by atoms with E-state index in [0.29, 0.717) is 11.8 Å². The van der Waals surface area contributed by atoms with E-state index in [1.165, 1.54) is 12.7 Å². The third-order valence-corrected chi connectivity index (χ3v) is 7.63. The third-order valence-electron chi connectivity index (χ3n) is 7.63. The Bertz CT molecular complexity index is 535. The van der Waals surface area contributed by atoms with Gasteiger partial charge in [0.25, 0.3) is 0 Å². The lowest BCUT2D eigenvalue weighted by molar-refractivity contribution is -0.155. The molecule has 3 nitrogen and oxygen atoms in total. The number of methoxy groups -OCH3 is 1. The maximum atomic E-state index is 12.2. The molecule has 0 aliphatic heterocycles. The zero-order valence-corrected chi connectivity index (χ0v) is 15.3. The van der Waals surface area contributed by atoms with Crippen molar-refractivity contribution in [2.45, 2.75) is 72.3 Å². The van der Waals surface area contributed by atoms with Crippen molar-refractivity contribution in [3.63, 3.8) is 0 Å². The van der Waals surface area contributed by atoms with Gasteiger partial charge in [0.15, 0.2) is 0 Å². The van der Waals surface area contributed by atoms with Gasteiger partial charge in [0.2, 0.25) is 0 Å². The van der Waals surface area contributed by atoms with Crippen LogP contribution in [0.3, 0.4) is 0 Å². The van der Waals surface area contributed by atoms with Crippen molar-refractivity contribution in [2.75, 3.05) is 7.11 Å². The number of rotatable bonds is 1. The first-order valence-electron chi connectivity index (χ1n) is 9.10. The summed E-state index contributed by atoms with van der Waals surface area (Å²) in [6.45, 7) is 8.96. The van der Waals surface area contributed by atoms with Crippen molar-refractivity contribution in [2.24, 2.45) is 28.1 Å². The number of aliphatic hydroxyl groups excluding tert-OH is 1. The molecule has 0 aromatic carbocycles. The van der Waals surface area contributed by atoms with E-state index < -0.39 is 0 Å². The molecular weight excluding hydrogens is 288 g/mol. The number of ether oxygens (including phenoxy) is 1. The summed E-state index contributed by atoms with van der Waals surface area (Å²) < 4.78 is 5.05. The molecule has 3 aliphatic rings. The number of fused-ring (bicyclic) bond motifs is 3. The SMILES string of the molecule is COC(=O)C1(C)CCC2C(=CCC3C(C)(C)C(O)CCC23C)C1. The molecular formula is C20H32O3. The Morgan fingerprint density at radius 1 is 1.22 bits per heavy atom. The number of carbonyl (C=O) groups is 1. The Labute approximate surface area is 140 Å². The van der Waals surface area contributed by atoms with Gasteiger partial charge in [-0.1, -0.05) is 32.4 Å². The van der Waals surface area contributed by atoms with E-state index in [1.54, 1.807) is 0 Å². The molecule has 0 radical (unpaired) electrons. The Morgan fingerprint density at radius 3 is 2.57 bits per heavy atom. The van der Waals surface area contributed by atoms with Gasteiger partial charge in [-0.25, -0.2) is 0 Å². The van der Waals surface area contributed by atoms with Crippen LogP contribution in [0.15, 0.2) is 11.6 Å². The van der Waals surface area contributed by atoms with Crippen molar-refractivity contribution >= 4 is 5.97 Å². The second kappa shape index (κ2) is 5.34. The number of hydrogen-bond donors (Lipinski definition) is 1. The monoisotopic (exact) mass is 320 g/mol. The molecule has 0 aromatic rings. The molecule has 2 fully saturated rings. The largest absolute Gasteiger partial charge is 0.469 e. The van der Waals surface area contributed by atoms with Gasteiger partial charge in [-0.05, 0) is 68.1 Å². The summed E-state index contributed by atoms with van der Waals surface area (Å²) in [7, 11) is 1.50. The minimum atomic E-state index is -0.357. The van der Waals surface area contributed by atoms with Crippen LogP contribution in [0.2, 0.25) is 0 Å². The molecule has 1 N–H and O–H groups in total. The van der Waals surface area contributed by atoms with Gasteiger partial charge >= 0.3 is 5.97 Å². The molecule has 3 heteroatoms. The molecule has 0 saturated heterocycles. The zero-order valence-electron chi connectivity index (χ0n) is 15.3. The molecule has 130 valence electrons. The first kappa shape index (κ1) is 17.0. The Hall–Kier alpha value is -0.830. The van der Waals surface area contributed by atoms with Crippen molar-refractivity contribution in [3.8, 4) is 0 Å². The molecule has 0 spiro atoms. The highest BCUT2D eigenvalue weighted by Crippen LogP contribution is 2.63. The van der Waals surface area contributed by atoms with Gasteiger partial charge in [-0.2, -0.15) is 0 Å². The normalized spacial score (nSPS) is 45.5. The quantitative estimate of drug-likeness (QED) is 0.584. The lowest BCUT2D eigenvalue weighted by Crippen LogP contribution is -2.55. The van der Waals surface area contributed by atoms with E-state index in [9.17, 15) is 9.90 Å². The number of carbonyl (C=O) groups excluding carboxylic acids is 1. The van der Waals surface area contributed by atoms with E-state index in [1.807, 2.05) is 0 Å². The molecule has 0 heterocycles. The van der Waals surface area contributed by atoms with Crippen LogP contribution in [0.1, 0.15) is 66.2 Å². The van der Waals surface area contributed by atoms with Crippen LogP contribution in [0.25, 0.3) is 0 Å². The summed E-state index contributed by atoms with van der Waals surface area (Å²) in [6.07, 6.45) is 8.04. The van der Waals surface area contributed by atoms with E-state index in [4.69, 9.17) is 4.74 Å². The average Bonchev–Trinajstić information content (AvgIpc) is 2.50. The lowest BCUT2D eigenvalue weighted by Gasteiger charge is -2.60. The first-order chi connectivity index (χ1) is 10.6. The van der Waals surface area contributed by atoms with Gasteiger partial charge in [0.05, 0.1) is 18.6 Å². The fourth-order valence-electron chi connectivity index (χ4n) is 6.03. The highest BCUT2D eigenvalue weighted by molar-refractivity contribution is 5.77. The highest BCUT2D eigenvalue weighted by Gasteiger charge is 2.57. The fraction of sp³-hybridized carbons (Fsp3) is 0.850. The van der Waals surface area contributed by atoms with Crippen LogP contribution in [0.5, 0.6) is 0 Å². The Balaban J connectivity index is 1.92. The van der Waals surface area contributed by atoms with Crippen LogP contribution in [-0.4, -0.2) is 24.3 Å². The molecule has 5 atom stereocenters. The van der Waals surface area contributed by atoms with Crippen LogP contribution >= 0.6 is 0 Å². The summed E-state index contributed by atoms with van der Waals surface area (Å²) in [5.41, 5.74) is 1.34. The van der Waals surface area contributed by atoms with Gasteiger partial charge in [-0.15, -0.1) is 0 Å². The Morgan fingerprint density at radius 2 is 1.91 bits per heavy atom. The van der Waals surface area contributed by atoms with Gasteiger partial charge in [0.1, 0.15) is 0 Å². The summed E-state index contributed by atoms with van der Waals surface area (Å²) >= 11 is 0. The smallest absolute Gasteiger partial charge is 0.311 e. The average molecular weight is 320 g/mol. The summed E-state index contributed by atoms with van der Waals surface area (Å²) in [6, 6.07) is 0. The molecule has 23 heavy (non-hydrogen) atoms. The van der Waals surface area contributed by atoms with Crippen LogP contribution in [0.4, 0.5) is 0 Å². The minimum Gasteiger partial charge on any atom is -0.469 e. The van der Waals surface area contributed by atoms with Crippen molar-refractivity contribution < 1.29 is 14.6 Å². The molecule has 5 unspecified atom stereocenters. The van der Waals surface area contributed by atoms with Crippen molar-refractivity contribution in [1.82, 2.24) is 0 Å². The van der Waals surface area contributed by atoms with E-state index >= 15 is 0 Å². The van der Waals surface area contributed by atoms with Crippen LogP contribution in [0, 0.1) is 28.1 Å². The summed E-state index contributed by atoms with van der Waals surface area (Å²) in [4.78, 5) is 12.2. The molecule has 2 saturated carbocycles. The predicted molar refractivity (Wildman–Crippen MR) is 90.8 cm³/mol. The molecule has 3 aliphatic carbocycles. The van der Waals surface area contributed by atoms with Crippen molar-refractivity contribution in [1.29, 1.82) is 0 Å². The van der Waals surface area contributed by atoms with Gasteiger partial charge < -0.3 is 9.84 Å². The van der Waals surface area contributed by atoms with E-state index in [0.717, 1.165) is 38.5 Å². The standard InChI is InChI=1S/C20H32O3/c1-18(2)15-7-6-13-12-19(3,17(22)23-5)10-8-14(13)20(15,4)11-9-16(18)21/h6,14-16,21H,7-12H2,1-5H3. The molecule has 3 rings (SSSR count). The van der Waals surface area contributed by atoms with Crippen molar-refractivity contribution in [3.05, 3.63) is 11.6 Å². The molecule has 0 amide bonds. The second-order valence-corrected chi connectivity index (χ2v) is 9.27. The topological polar surface area (TPSA) is 46.5 Å². The first-order valence-corrected chi connectivity index (χ1v) is 9.10. The summed E-state index contributed by atoms with van der Waals surface area (Å²) in [5, 5.41) is 10.5. The second-order valence-electron chi connectivity index (χ2n) is 9.27. The molecule has 0 bridgehead atoms. The fourth-order valence-corrected chi connectivity index (χ4v) is 6.03. The highest BCUT2D eigenvalue weighted by atomic mass is 16.5. The number of esters is 1. The number of hydrogen-bond acceptors (Lipinski definition) is 3. The zero-order chi connectivity index (χ0) is 17.0. The number of allylic oxidation sites excluding steroid dienone is 2.